The molecule has 1 unspecified atom stereocenters. The molecule has 0 saturated heterocycles. The summed E-state index contributed by atoms with van der Waals surface area (Å²) < 4.78 is 0. The third-order valence-corrected chi connectivity index (χ3v) is 2.45. The maximum Gasteiger partial charge on any atom is 0.253 e. The van der Waals surface area contributed by atoms with Gasteiger partial charge in [-0.2, -0.15) is 0 Å². The molecule has 0 aliphatic rings. The predicted molar refractivity (Wildman–Crippen MR) is 66.3 cm³/mol. The molecule has 1 atom stereocenters. The smallest absolute Gasteiger partial charge is 0.253 e. The molecule has 1 aromatic rings. The van der Waals surface area contributed by atoms with Crippen molar-refractivity contribution in [1.29, 1.82) is 0 Å². The van der Waals surface area contributed by atoms with E-state index in [2.05, 4.69) is 5.32 Å². The number of para-hydroxylation sites is 1. The van der Waals surface area contributed by atoms with Crippen LogP contribution in [-0.4, -0.2) is 17.9 Å². The molecule has 5 N–H and O–H groups in total. The fourth-order valence-electron chi connectivity index (χ4n) is 1.53. The largest absolute Gasteiger partial charge is 0.398 e. The van der Waals surface area contributed by atoms with Crippen molar-refractivity contribution in [3.63, 3.8) is 0 Å². The highest BCUT2D eigenvalue weighted by Crippen LogP contribution is 2.16. The number of carbonyl (C=O) groups excluding carboxylic acids is 2. The van der Waals surface area contributed by atoms with Crippen LogP contribution in [0.1, 0.15) is 29.3 Å². The van der Waals surface area contributed by atoms with Crippen molar-refractivity contribution in [2.45, 2.75) is 26.3 Å². The normalized spacial score (nSPS) is 11.9. The predicted octanol–water partition coefficient (Wildman–Crippen LogP) is 0.571. The van der Waals surface area contributed by atoms with Crippen LogP contribution in [0, 0.1) is 6.92 Å². The number of rotatable bonds is 4. The van der Waals surface area contributed by atoms with Gasteiger partial charge in [0.2, 0.25) is 5.91 Å². The minimum absolute atomic E-state index is 0.109. The van der Waals surface area contributed by atoms with Crippen LogP contribution < -0.4 is 16.8 Å². The molecule has 1 rings (SSSR count). The van der Waals surface area contributed by atoms with Crippen molar-refractivity contribution < 1.29 is 9.59 Å². The fraction of sp³-hybridized carbons (Fsp3) is 0.333. The summed E-state index contributed by atoms with van der Waals surface area (Å²) in [4.78, 5) is 22.6. The van der Waals surface area contributed by atoms with E-state index in [0.717, 1.165) is 5.56 Å². The van der Waals surface area contributed by atoms with Crippen LogP contribution in [0.4, 0.5) is 5.69 Å². The van der Waals surface area contributed by atoms with Crippen LogP contribution in [0.2, 0.25) is 0 Å². The van der Waals surface area contributed by atoms with E-state index in [9.17, 15) is 9.59 Å². The molecule has 92 valence electrons. The highest BCUT2D eigenvalue weighted by molar-refractivity contribution is 6.00. The molecular formula is C12H17N3O2. The Morgan fingerprint density at radius 1 is 1.41 bits per heavy atom. The van der Waals surface area contributed by atoms with E-state index < -0.39 is 5.91 Å². The number of nitrogens with two attached hydrogens (primary N) is 2. The first kappa shape index (κ1) is 13.0. The Balaban J connectivity index is 2.77. The van der Waals surface area contributed by atoms with E-state index >= 15 is 0 Å². The van der Waals surface area contributed by atoms with Gasteiger partial charge in [-0.15, -0.1) is 0 Å². The first-order valence-electron chi connectivity index (χ1n) is 5.36. The maximum atomic E-state index is 11.9. The summed E-state index contributed by atoms with van der Waals surface area (Å²) in [6, 6.07) is 4.94. The lowest BCUT2D eigenvalue weighted by Crippen LogP contribution is -2.36. The zero-order chi connectivity index (χ0) is 13.0. The second-order valence-corrected chi connectivity index (χ2v) is 4.08. The monoisotopic (exact) mass is 235 g/mol. The van der Waals surface area contributed by atoms with Gasteiger partial charge in [0.1, 0.15) is 0 Å². The molecule has 0 fully saturated rings. The average molecular weight is 235 g/mol. The lowest BCUT2D eigenvalue weighted by Gasteiger charge is -2.13. The third-order valence-electron chi connectivity index (χ3n) is 2.45. The highest BCUT2D eigenvalue weighted by Gasteiger charge is 2.14. The Hall–Kier alpha value is -2.04. The van der Waals surface area contributed by atoms with Gasteiger partial charge in [0.15, 0.2) is 0 Å². The number of aryl methyl sites for hydroxylation is 1. The van der Waals surface area contributed by atoms with Crippen molar-refractivity contribution in [2.24, 2.45) is 5.73 Å². The second-order valence-electron chi connectivity index (χ2n) is 4.08. The van der Waals surface area contributed by atoms with Crippen LogP contribution in [0.3, 0.4) is 0 Å². The maximum absolute atomic E-state index is 11.9. The van der Waals surface area contributed by atoms with E-state index in [-0.39, 0.29) is 18.4 Å². The SMILES string of the molecule is Cc1cccc(C(=O)NC(C)CC(N)=O)c1N. The van der Waals surface area contributed by atoms with Crippen molar-refractivity contribution in [3.8, 4) is 0 Å². The van der Waals surface area contributed by atoms with E-state index in [1.165, 1.54) is 0 Å². The van der Waals surface area contributed by atoms with Gasteiger partial charge in [-0.3, -0.25) is 9.59 Å². The Morgan fingerprint density at radius 3 is 2.65 bits per heavy atom. The molecule has 0 heterocycles. The third kappa shape index (κ3) is 3.48. The molecular weight excluding hydrogens is 218 g/mol. The molecule has 0 radical (unpaired) electrons. The molecule has 0 bridgehead atoms. The summed E-state index contributed by atoms with van der Waals surface area (Å²) in [5.41, 5.74) is 12.6. The number of carbonyl (C=O) groups is 2. The van der Waals surface area contributed by atoms with Crippen LogP contribution >= 0.6 is 0 Å². The Bertz CT molecular complexity index is 443. The number of nitrogens with one attached hydrogen (secondary N) is 1. The van der Waals surface area contributed by atoms with E-state index in [1.807, 2.05) is 13.0 Å². The highest BCUT2D eigenvalue weighted by atomic mass is 16.2. The molecule has 0 aromatic heterocycles. The van der Waals surface area contributed by atoms with E-state index in [4.69, 9.17) is 11.5 Å². The summed E-state index contributed by atoms with van der Waals surface area (Å²) in [6.45, 7) is 3.55. The number of hydrogen-bond donors (Lipinski definition) is 3. The number of primary amides is 1. The van der Waals surface area contributed by atoms with Crippen molar-refractivity contribution in [3.05, 3.63) is 29.3 Å². The van der Waals surface area contributed by atoms with Crippen molar-refractivity contribution >= 4 is 17.5 Å². The lowest BCUT2D eigenvalue weighted by molar-refractivity contribution is -0.118. The summed E-state index contributed by atoms with van der Waals surface area (Å²) in [5.74, 6) is -0.741. The van der Waals surface area contributed by atoms with Gasteiger partial charge in [0.05, 0.1) is 5.56 Å². The van der Waals surface area contributed by atoms with Crippen LogP contribution in [0.5, 0.6) is 0 Å². The number of benzene rings is 1. The first-order valence-corrected chi connectivity index (χ1v) is 5.36. The van der Waals surface area contributed by atoms with Crippen LogP contribution in [0.15, 0.2) is 18.2 Å². The summed E-state index contributed by atoms with van der Waals surface area (Å²) in [7, 11) is 0. The molecule has 2 amide bonds. The number of anilines is 1. The van der Waals surface area contributed by atoms with Crippen LogP contribution in [-0.2, 0) is 4.79 Å². The van der Waals surface area contributed by atoms with E-state index in [0.29, 0.717) is 11.3 Å². The van der Waals surface area contributed by atoms with Crippen molar-refractivity contribution in [1.82, 2.24) is 5.32 Å². The molecule has 5 heteroatoms. The molecule has 0 aliphatic carbocycles. The Kier molecular flexibility index (Phi) is 4.09. The molecule has 0 saturated carbocycles. The standard InChI is InChI=1S/C12H17N3O2/c1-7-4-3-5-9(11(7)14)12(17)15-8(2)6-10(13)16/h3-5,8H,6,14H2,1-2H3,(H2,13,16)(H,15,17). The summed E-state index contributed by atoms with van der Waals surface area (Å²) in [5, 5.41) is 2.68. The van der Waals surface area contributed by atoms with Gasteiger partial charge >= 0.3 is 0 Å². The molecule has 1 aromatic carbocycles. The van der Waals surface area contributed by atoms with Crippen molar-refractivity contribution in [2.75, 3.05) is 5.73 Å². The quantitative estimate of drug-likeness (QED) is 0.665. The Morgan fingerprint density at radius 2 is 2.06 bits per heavy atom. The number of nitrogen functional groups attached to an aromatic ring is 1. The molecule has 17 heavy (non-hydrogen) atoms. The van der Waals surface area contributed by atoms with Gasteiger partial charge in [-0.1, -0.05) is 12.1 Å². The minimum Gasteiger partial charge on any atom is -0.398 e. The van der Waals surface area contributed by atoms with Gasteiger partial charge < -0.3 is 16.8 Å². The van der Waals surface area contributed by atoms with Gasteiger partial charge in [-0.25, -0.2) is 0 Å². The van der Waals surface area contributed by atoms with Crippen LogP contribution in [0.25, 0.3) is 0 Å². The first-order chi connectivity index (χ1) is 7.91. The number of amides is 2. The Labute approximate surface area is 100 Å². The second kappa shape index (κ2) is 5.34. The molecule has 0 spiro atoms. The molecule has 0 aliphatic heterocycles. The zero-order valence-corrected chi connectivity index (χ0v) is 9.99. The molecule has 5 nitrogen and oxygen atoms in total. The summed E-state index contributed by atoms with van der Waals surface area (Å²) >= 11 is 0. The number of hydrogen-bond acceptors (Lipinski definition) is 3. The van der Waals surface area contributed by atoms with E-state index in [1.54, 1.807) is 19.1 Å². The average Bonchev–Trinajstić information content (AvgIpc) is 2.20. The van der Waals surface area contributed by atoms with Gasteiger partial charge in [0, 0.05) is 18.2 Å². The van der Waals surface area contributed by atoms with Gasteiger partial charge in [0.25, 0.3) is 5.91 Å². The lowest BCUT2D eigenvalue weighted by atomic mass is 10.1. The van der Waals surface area contributed by atoms with Gasteiger partial charge in [-0.05, 0) is 25.5 Å². The summed E-state index contributed by atoms with van der Waals surface area (Å²) in [6.07, 6.45) is 0.109. The fourth-order valence-corrected chi connectivity index (χ4v) is 1.53. The minimum atomic E-state index is -0.449. The zero-order valence-electron chi connectivity index (χ0n) is 9.99. The topological polar surface area (TPSA) is 98.2 Å².